The molecule has 0 aliphatic heterocycles. The lowest BCUT2D eigenvalue weighted by Gasteiger charge is -2.40. The molecule has 0 bridgehead atoms. The fourth-order valence-corrected chi connectivity index (χ4v) is 5.08. The molecular formula is C25H26F2. The number of hydrogen-bond acceptors (Lipinski definition) is 0. The first-order valence-corrected chi connectivity index (χ1v) is 10.2. The minimum absolute atomic E-state index is 0.501. The van der Waals surface area contributed by atoms with Crippen molar-refractivity contribution in [2.24, 2.45) is 11.8 Å². The number of hydrogen-bond donors (Lipinski definition) is 0. The Kier molecular flexibility index (Phi) is 5.30. The van der Waals surface area contributed by atoms with E-state index in [1.165, 1.54) is 55.7 Å². The van der Waals surface area contributed by atoms with Crippen LogP contribution in [-0.2, 0) is 6.42 Å². The highest BCUT2D eigenvalue weighted by atomic mass is 19.2. The van der Waals surface area contributed by atoms with Gasteiger partial charge in [-0.1, -0.05) is 37.7 Å². The van der Waals surface area contributed by atoms with Crippen LogP contribution >= 0.6 is 0 Å². The SMILES string of the molecule is CCC[C@@H]1CC[C@@H]2c3ccc(C#Cc4ccc(F)c(F)c4)cc3CC[C@@H]2C1. The van der Waals surface area contributed by atoms with E-state index in [4.69, 9.17) is 0 Å². The second-order valence-corrected chi connectivity index (χ2v) is 8.17. The first kappa shape index (κ1) is 18.2. The Labute approximate surface area is 161 Å². The van der Waals surface area contributed by atoms with Crippen molar-refractivity contribution in [3.63, 3.8) is 0 Å². The van der Waals surface area contributed by atoms with Gasteiger partial charge in [0, 0.05) is 11.1 Å². The van der Waals surface area contributed by atoms with Crippen molar-refractivity contribution in [2.75, 3.05) is 0 Å². The van der Waals surface area contributed by atoms with E-state index in [1.54, 1.807) is 0 Å². The number of rotatable bonds is 2. The van der Waals surface area contributed by atoms with Crippen molar-refractivity contribution < 1.29 is 8.78 Å². The van der Waals surface area contributed by atoms with Crippen LogP contribution in [0.1, 0.15) is 73.6 Å². The van der Waals surface area contributed by atoms with Crippen molar-refractivity contribution in [2.45, 2.75) is 57.8 Å². The normalized spacial score (nSPS) is 23.7. The molecule has 1 fully saturated rings. The molecule has 0 spiro atoms. The van der Waals surface area contributed by atoms with Crippen LogP contribution in [0, 0.1) is 35.3 Å². The second-order valence-electron chi connectivity index (χ2n) is 8.17. The zero-order chi connectivity index (χ0) is 18.8. The maximum absolute atomic E-state index is 13.3. The maximum atomic E-state index is 13.3. The Balaban J connectivity index is 1.52. The molecule has 2 aromatic carbocycles. The molecule has 3 atom stereocenters. The topological polar surface area (TPSA) is 0 Å². The molecule has 0 saturated heterocycles. The summed E-state index contributed by atoms with van der Waals surface area (Å²) < 4.78 is 26.4. The Morgan fingerprint density at radius 1 is 0.926 bits per heavy atom. The molecule has 2 heteroatoms. The number of aryl methyl sites for hydroxylation is 1. The van der Waals surface area contributed by atoms with Crippen molar-refractivity contribution in [1.82, 2.24) is 0 Å². The molecule has 0 unspecified atom stereocenters. The quantitative estimate of drug-likeness (QED) is 0.526. The van der Waals surface area contributed by atoms with Gasteiger partial charge in [-0.15, -0.1) is 0 Å². The summed E-state index contributed by atoms with van der Waals surface area (Å²) in [5.74, 6) is 6.88. The first-order chi connectivity index (χ1) is 13.1. The van der Waals surface area contributed by atoms with Crippen molar-refractivity contribution >= 4 is 0 Å². The monoisotopic (exact) mass is 364 g/mol. The zero-order valence-electron chi connectivity index (χ0n) is 15.9. The summed E-state index contributed by atoms with van der Waals surface area (Å²) >= 11 is 0. The Bertz CT molecular complexity index is 887. The lowest BCUT2D eigenvalue weighted by molar-refractivity contribution is 0.201. The Morgan fingerprint density at radius 2 is 1.70 bits per heavy atom. The van der Waals surface area contributed by atoms with Gasteiger partial charge >= 0.3 is 0 Å². The first-order valence-electron chi connectivity index (χ1n) is 10.2. The fourth-order valence-electron chi connectivity index (χ4n) is 5.08. The van der Waals surface area contributed by atoms with E-state index in [9.17, 15) is 8.78 Å². The summed E-state index contributed by atoms with van der Waals surface area (Å²) in [4.78, 5) is 0. The molecule has 140 valence electrons. The lowest BCUT2D eigenvalue weighted by atomic mass is 9.64. The summed E-state index contributed by atoms with van der Waals surface area (Å²) in [5, 5.41) is 0. The molecule has 4 rings (SSSR count). The molecular weight excluding hydrogens is 338 g/mol. The van der Waals surface area contributed by atoms with Gasteiger partial charge in [0.15, 0.2) is 11.6 Å². The van der Waals surface area contributed by atoms with Crippen LogP contribution in [-0.4, -0.2) is 0 Å². The average molecular weight is 364 g/mol. The van der Waals surface area contributed by atoms with E-state index in [0.29, 0.717) is 5.56 Å². The third-order valence-electron chi connectivity index (χ3n) is 6.39. The van der Waals surface area contributed by atoms with Crippen LogP contribution in [0.15, 0.2) is 36.4 Å². The van der Waals surface area contributed by atoms with Gasteiger partial charge in [-0.05, 0) is 91.3 Å². The highest BCUT2D eigenvalue weighted by molar-refractivity contribution is 5.47. The van der Waals surface area contributed by atoms with Gasteiger partial charge in [-0.3, -0.25) is 0 Å². The molecule has 2 aliphatic carbocycles. The van der Waals surface area contributed by atoms with Crippen molar-refractivity contribution in [1.29, 1.82) is 0 Å². The summed E-state index contributed by atoms with van der Waals surface area (Å²) in [6.07, 6.45) is 9.20. The second kappa shape index (κ2) is 7.85. The van der Waals surface area contributed by atoms with Crippen LogP contribution in [0.2, 0.25) is 0 Å². The summed E-state index contributed by atoms with van der Waals surface area (Å²) in [5.41, 5.74) is 4.42. The predicted molar refractivity (Wildman–Crippen MR) is 106 cm³/mol. The predicted octanol–water partition coefficient (Wildman–Crippen LogP) is 6.61. The third-order valence-corrected chi connectivity index (χ3v) is 6.39. The zero-order valence-corrected chi connectivity index (χ0v) is 15.9. The van der Waals surface area contributed by atoms with Crippen LogP contribution in [0.25, 0.3) is 0 Å². The minimum Gasteiger partial charge on any atom is -0.204 e. The molecule has 2 aromatic rings. The Morgan fingerprint density at radius 3 is 2.48 bits per heavy atom. The van der Waals surface area contributed by atoms with Gasteiger partial charge < -0.3 is 0 Å². The molecule has 0 heterocycles. The third kappa shape index (κ3) is 3.93. The number of halogens is 2. The van der Waals surface area contributed by atoms with Crippen LogP contribution in [0.3, 0.4) is 0 Å². The summed E-state index contributed by atoms with van der Waals surface area (Å²) in [7, 11) is 0. The van der Waals surface area contributed by atoms with E-state index in [0.717, 1.165) is 41.9 Å². The average Bonchev–Trinajstić information content (AvgIpc) is 2.68. The van der Waals surface area contributed by atoms with E-state index in [2.05, 4.69) is 37.0 Å². The van der Waals surface area contributed by atoms with Crippen LogP contribution < -0.4 is 0 Å². The Hall–Kier alpha value is -2.14. The maximum Gasteiger partial charge on any atom is 0.160 e. The molecule has 0 amide bonds. The number of fused-ring (bicyclic) bond motifs is 3. The van der Waals surface area contributed by atoms with E-state index < -0.39 is 11.6 Å². The van der Waals surface area contributed by atoms with Gasteiger partial charge in [0.05, 0.1) is 0 Å². The molecule has 0 N–H and O–H groups in total. The highest BCUT2D eigenvalue weighted by Crippen LogP contribution is 2.47. The molecule has 2 aliphatic rings. The largest absolute Gasteiger partial charge is 0.204 e. The molecule has 1 saturated carbocycles. The van der Waals surface area contributed by atoms with Gasteiger partial charge in [0.1, 0.15) is 0 Å². The van der Waals surface area contributed by atoms with Crippen molar-refractivity contribution in [3.05, 3.63) is 70.3 Å². The van der Waals surface area contributed by atoms with E-state index >= 15 is 0 Å². The number of benzene rings is 2. The summed E-state index contributed by atoms with van der Waals surface area (Å²) in [6.45, 7) is 2.30. The van der Waals surface area contributed by atoms with Gasteiger partial charge in [-0.25, -0.2) is 8.78 Å². The van der Waals surface area contributed by atoms with E-state index in [1.807, 2.05) is 0 Å². The molecule has 0 aromatic heterocycles. The lowest BCUT2D eigenvalue weighted by Crippen LogP contribution is -2.28. The van der Waals surface area contributed by atoms with Gasteiger partial charge in [-0.2, -0.15) is 0 Å². The van der Waals surface area contributed by atoms with E-state index in [-0.39, 0.29) is 0 Å². The smallest absolute Gasteiger partial charge is 0.160 e. The molecule has 0 radical (unpaired) electrons. The van der Waals surface area contributed by atoms with Gasteiger partial charge in [0.25, 0.3) is 0 Å². The van der Waals surface area contributed by atoms with Crippen LogP contribution in [0.5, 0.6) is 0 Å². The van der Waals surface area contributed by atoms with Crippen molar-refractivity contribution in [3.8, 4) is 11.8 Å². The standard InChI is InChI=1S/C25H26F2/c1-2-3-17-6-11-22-20(14-17)9-10-21-15-18(7-12-23(21)22)4-5-19-8-13-24(26)25(27)16-19/h7-8,12-13,15-17,20,22H,2-3,6,9-11,14H2,1H3/t17-,20-,22+/m1/s1. The molecule has 0 nitrogen and oxygen atoms in total. The van der Waals surface area contributed by atoms with Gasteiger partial charge in [0.2, 0.25) is 0 Å². The van der Waals surface area contributed by atoms with Crippen LogP contribution in [0.4, 0.5) is 8.78 Å². The fraction of sp³-hybridized carbons (Fsp3) is 0.440. The minimum atomic E-state index is -0.850. The highest BCUT2D eigenvalue weighted by Gasteiger charge is 2.34. The summed E-state index contributed by atoms with van der Waals surface area (Å²) in [6, 6.07) is 10.4. The molecule has 27 heavy (non-hydrogen) atoms.